The van der Waals surface area contributed by atoms with Gasteiger partial charge in [0.05, 0.1) is 11.6 Å². The summed E-state index contributed by atoms with van der Waals surface area (Å²) in [5.41, 5.74) is 9.66. The molecule has 0 saturated carbocycles. The number of hydrogen-bond acceptors (Lipinski definition) is 3. The van der Waals surface area contributed by atoms with Crippen LogP contribution < -0.4 is 15.8 Å². The van der Waals surface area contributed by atoms with Crippen LogP contribution in [0.1, 0.15) is 5.56 Å². The van der Waals surface area contributed by atoms with Crippen LogP contribution in [-0.4, -0.2) is 7.11 Å². The maximum atomic E-state index is 5.88. The summed E-state index contributed by atoms with van der Waals surface area (Å²) in [5.74, 6) is 0.792. The highest BCUT2D eigenvalue weighted by Crippen LogP contribution is 2.30. The lowest BCUT2D eigenvalue weighted by atomic mass is 10.2. The van der Waals surface area contributed by atoms with E-state index in [1.165, 1.54) is 0 Å². The van der Waals surface area contributed by atoms with Crippen molar-refractivity contribution in [2.24, 2.45) is 0 Å². The molecule has 0 aliphatic rings. The predicted octanol–water partition coefficient (Wildman–Crippen LogP) is 4.09. The third-order valence-corrected chi connectivity index (χ3v) is 3.37. The molecular weight excluding hydrogens is 292 g/mol. The van der Waals surface area contributed by atoms with Gasteiger partial charge in [0.25, 0.3) is 0 Å². The fourth-order valence-electron chi connectivity index (χ4n) is 1.62. The second-order valence-electron chi connectivity index (χ2n) is 4.05. The molecule has 0 amide bonds. The Hall–Kier alpha value is -1.68. The van der Waals surface area contributed by atoms with Gasteiger partial charge in [0.1, 0.15) is 5.75 Å². The summed E-state index contributed by atoms with van der Waals surface area (Å²) in [6, 6.07) is 11.8. The Kier molecular flexibility index (Phi) is 3.77. The molecule has 94 valence electrons. The van der Waals surface area contributed by atoms with Crippen molar-refractivity contribution < 1.29 is 4.74 Å². The molecule has 0 aromatic heterocycles. The first kappa shape index (κ1) is 12.8. The first-order valence-corrected chi connectivity index (χ1v) is 6.36. The van der Waals surface area contributed by atoms with E-state index in [-0.39, 0.29) is 0 Å². The molecule has 2 rings (SSSR count). The largest absolute Gasteiger partial charge is 0.495 e. The number of anilines is 3. The number of benzene rings is 2. The molecule has 0 fully saturated rings. The lowest BCUT2D eigenvalue weighted by Crippen LogP contribution is -1.95. The van der Waals surface area contributed by atoms with Crippen LogP contribution in [0.4, 0.5) is 17.1 Å². The predicted molar refractivity (Wildman–Crippen MR) is 79.6 cm³/mol. The van der Waals surface area contributed by atoms with E-state index in [9.17, 15) is 0 Å². The van der Waals surface area contributed by atoms with Gasteiger partial charge in [-0.1, -0.05) is 6.07 Å². The molecule has 3 nitrogen and oxygen atoms in total. The van der Waals surface area contributed by atoms with Crippen LogP contribution in [0.3, 0.4) is 0 Å². The van der Waals surface area contributed by atoms with Crippen molar-refractivity contribution in [3.8, 4) is 5.75 Å². The molecule has 18 heavy (non-hydrogen) atoms. The number of nitrogens with one attached hydrogen (secondary N) is 1. The van der Waals surface area contributed by atoms with Crippen molar-refractivity contribution in [2.45, 2.75) is 6.92 Å². The number of nitrogen functional groups attached to an aromatic ring is 1. The molecule has 0 spiro atoms. The van der Waals surface area contributed by atoms with Crippen molar-refractivity contribution in [1.29, 1.82) is 0 Å². The van der Waals surface area contributed by atoms with Crippen LogP contribution in [0.2, 0.25) is 0 Å². The van der Waals surface area contributed by atoms with Gasteiger partial charge in [-0.2, -0.15) is 0 Å². The van der Waals surface area contributed by atoms with E-state index in [0.29, 0.717) is 0 Å². The zero-order valence-electron chi connectivity index (χ0n) is 10.3. The van der Waals surface area contributed by atoms with Crippen LogP contribution in [0, 0.1) is 6.92 Å². The van der Waals surface area contributed by atoms with Crippen molar-refractivity contribution >= 4 is 33.0 Å². The van der Waals surface area contributed by atoms with E-state index < -0.39 is 0 Å². The number of aryl methyl sites for hydroxylation is 1. The van der Waals surface area contributed by atoms with Crippen LogP contribution in [0.5, 0.6) is 5.75 Å². The second kappa shape index (κ2) is 5.31. The quantitative estimate of drug-likeness (QED) is 0.840. The average Bonchev–Trinajstić information content (AvgIpc) is 2.36. The smallest absolute Gasteiger partial charge is 0.135 e. The summed E-state index contributed by atoms with van der Waals surface area (Å²) in [4.78, 5) is 0. The Morgan fingerprint density at radius 2 is 1.78 bits per heavy atom. The van der Waals surface area contributed by atoms with Crippen LogP contribution in [-0.2, 0) is 0 Å². The van der Waals surface area contributed by atoms with E-state index in [0.717, 1.165) is 32.8 Å². The average molecular weight is 307 g/mol. The van der Waals surface area contributed by atoms with E-state index >= 15 is 0 Å². The lowest BCUT2D eigenvalue weighted by Gasteiger charge is -2.10. The summed E-state index contributed by atoms with van der Waals surface area (Å²) in [5, 5.41) is 3.29. The van der Waals surface area contributed by atoms with Gasteiger partial charge in [-0.25, -0.2) is 0 Å². The number of halogens is 1. The fraction of sp³-hybridized carbons (Fsp3) is 0.143. The molecule has 0 heterocycles. The number of rotatable bonds is 3. The molecule has 2 aromatic carbocycles. The monoisotopic (exact) mass is 306 g/mol. The van der Waals surface area contributed by atoms with Gasteiger partial charge in [-0.05, 0) is 52.7 Å². The Balaban J connectivity index is 2.25. The highest BCUT2D eigenvalue weighted by Gasteiger charge is 2.02. The van der Waals surface area contributed by atoms with E-state index in [2.05, 4.69) is 21.2 Å². The topological polar surface area (TPSA) is 47.3 Å². The first-order chi connectivity index (χ1) is 8.60. The SMILES string of the molecule is COc1cc(Nc2ccc(C)c(N)c2)ccc1Br. The van der Waals surface area contributed by atoms with Gasteiger partial charge in [-0.3, -0.25) is 0 Å². The van der Waals surface area contributed by atoms with Crippen molar-refractivity contribution in [1.82, 2.24) is 0 Å². The maximum absolute atomic E-state index is 5.88. The minimum absolute atomic E-state index is 0.782. The van der Waals surface area contributed by atoms with E-state index in [1.807, 2.05) is 43.3 Å². The van der Waals surface area contributed by atoms with Gasteiger partial charge in [0.2, 0.25) is 0 Å². The highest BCUT2D eigenvalue weighted by molar-refractivity contribution is 9.10. The minimum Gasteiger partial charge on any atom is -0.495 e. The summed E-state index contributed by atoms with van der Waals surface area (Å²) in [6.07, 6.45) is 0. The molecule has 0 aliphatic heterocycles. The van der Waals surface area contributed by atoms with Gasteiger partial charge in [-0.15, -0.1) is 0 Å². The van der Waals surface area contributed by atoms with Crippen LogP contribution in [0.15, 0.2) is 40.9 Å². The molecule has 0 radical (unpaired) electrons. The second-order valence-corrected chi connectivity index (χ2v) is 4.90. The van der Waals surface area contributed by atoms with E-state index in [1.54, 1.807) is 7.11 Å². The Labute approximate surface area is 115 Å². The van der Waals surface area contributed by atoms with Crippen LogP contribution >= 0.6 is 15.9 Å². The maximum Gasteiger partial charge on any atom is 0.135 e. The van der Waals surface area contributed by atoms with Crippen molar-refractivity contribution in [3.63, 3.8) is 0 Å². The summed E-state index contributed by atoms with van der Waals surface area (Å²) < 4.78 is 6.18. The molecule has 4 heteroatoms. The van der Waals surface area contributed by atoms with Crippen LogP contribution in [0.25, 0.3) is 0 Å². The number of nitrogens with two attached hydrogens (primary N) is 1. The lowest BCUT2D eigenvalue weighted by molar-refractivity contribution is 0.412. The zero-order chi connectivity index (χ0) is 13.1. The molecule has 3 N–H and O–H groups in total. The van der Waals surface area contributed by atoms with Gasteiger partial charge in [0.15, 0.2) is 0 Å². The molecule has 2 aromatic rings. The number of ether oxygens (including phenoxy) is 1. The third-order valence-electron chi connectivity index (χ3n) is 2.72. The Morgan fingerprint density at radius 3 is 2.44 bits per heavy atom. The highest BCUT2D eigenvalue weighted by atomic mass is 79.9. The Bertz CT molecular complexity index is 570. The van der Waals surface area contributed by atoms with Crippen molar-refractivity contribution in [2.75, 3.05) is 18.2 Å². The standard InChI is InChI=1S/C14H15BrN2O/c1-9-3-4-10(7-13(9)16)17-11-5-6-12(15)14(8-11)18-2/h3-8,17H,16H2,1-2H3. The van der Waals surface area contributed by atoms with E-state index in [4.69, 9.17) is 10.5 Å². The van der Waals surface area contributed by atoms with Gasteiger partial charge in [0, 0.05) is 23.1 Å². The van der Waals surface area contributed by atoms with Gasteiger partial charge < -0.3 is 15.8 Å². The normalized spacial score (nSPS) is 10.2. The molecule has 0 bridgehead atoms. The zero-order valence-corrected chi connectivity index (χ0v) is 11.9. The summed E-state index contributed by atoms with van der Waals surface area (Å²) >= 11 is 3.42. The molecule has 0 atom stereocenters. The summed E-state index contributed by atoms with van der Waals surface area (Å²) in [6.45, 7) is 1.99. The van der Waals surface area contributed by atoms with Crippen molar-refractivity contribution in [3.05, 3.63) is 46.4 Å². The minimum atomic E-state index is 0.782. The first-order valence-electron chi connectivity index (χ1n) is 5.57. The fourth-order valence-corrected chi connectivity index (χ4v) is 2.03. The summed E-state index contributed by atoms with van der Waals surface area (Å²) in [7, 11) is 1.65. The molecule has 0 saturated heterocycles. The molecule has 0 aliphatic carbocycles. The third kappa shape index (κ3) is 2.76. The Morgan fingerprint density at radius 1 is 1.11 bits per heavy atom. The van der Waals surface area contributed by atoms with Gasteiger partial charge >= 0.3 is 0 Å². The molecular formula is C14H15BrN2O. The number of hydrogen-bond donors (Lipinski definition) is 2. The number of methoxy groups -OCH3 is 1. The molecule has 0 unspecified atom stereocenters.